The van der Waals surface area contributed by atoms with Crippen LogP contribution in [0.2, 0.25) is 0 Å². The predicted octanol–water partition coefficient (Wildman–Crippen LogP) is 3.19. The third-order valence-electron chi connectivity index (χ3n) is 3.47. The lowest BCUT2D eigenvalue weighted by atomic mass is 9.71. The van der Waals surface area contributed by atoms with Crippen molar-refractivity contribution in [1.29, 1.82) is 0 Å². The van der Waals surface area contributed by atoms with Gasteiger partial charge >= 0.3 is 0 Å². The van der Waals surface area contributed by atoms with Gasteiger partial charge in [-0.05, 0) is 41.5 Å². The molecule has 2 nitrogen and oxygen atoms in total. The first-order valence-corrected chi connectivity index (χ1v) is 5.48. The molecule has 2 N–H and O–H groups in total. The third kappa shape index (κ3) is 2.18. The Morgan fingerprint density at radius 2 is 2.06 bits per heavy atom. The summed E-state index contributed by atoms with van der Waals surface area (Å²) in [5.74, 6) is 0.905. The molecule has 0 spiro atoms. The van der Waals surface area contributed by atoms with E-state index in [1.165, 1.54) is 11.1 Å². The van der Waals surface area contributed by atoms with E-state index < -0.39 is 0 Å². The van der Waals surface area contributed by atoms with Gasteiger partial charge in [0.25, 0.3) is 0 Å². The Bertz CT molecular complexity index is 376. The van der Waals surface area contributed by atoms with Crippen LogP contribution in [0.4, 0.5) is 0 Å². The Labute approximate surface area is 104 Å². The fourth-order valence-corrected chi connectivity index (χ4v) is 2.40. The van der Waals surface area contributed by atoms with Gasteiger partial charge in [-0.1, -0.05) is 19.9 Å². The normalized spacial score (nSPS) is 21.9. The topological polar surface area (TPSA) is 35.2 Å². The Kier molecular flexibility index (Phi) is 3.87. The zero-order valence-corrected chi connectivity index (χ0v) is 10.9. The van der Waals surface area contributed by atoms with Crippen molar-refractivity contribution in [3.05, 3.63) is 29.3 Å². The number of nitrogens with two attached hydrogens (primary N) is 1. The van der Waals surface area contributed by atoms with Crippen molar-refractivity contribution in [3.63, 3.8) is 0 Å². The average molecular weight is 242 g/mol. The van der Waals surface area contributed by atoms with Crippen LogP contribution in [0, 0.1) is 0 Å². The Balaban J connectivity index is 0.00000128. The summed E-state index contributed by atoms with van der Waals surface area (Å²) in [5.41, 5.74) is 9.02. The van der Waals surface area contributed by atoms with E-state index in [0.29, 0.717) is 0 Å². The second kappa shape index (κ2) is 4.64. The number of rotatable bonds is 1. The molecule has 0 saturated heterocycles. The number of benzene rings is 1. The minimum Gasteiger partial charge on any atom is -0.497 e. The molecule has 0 amide bonds. The SMILES string of the molecule is COc1ccc2c(c1)C(N)CCC2(C)C.Cl. The molecule has 0 aliphatic heterocycles. The molecule has 0 heterocycles. The van der Waals surface area contributed by atoms with Gasteiger partial charge < -0.3 is 10.5 Å². The maximum Gasteiger partial charge on any atom is 0.119 e. The van der Waals surface area contributed by atoms with Gasteiger partial charge in [0.15, 0.2) is 0 Å². The van der Waals surface area contributed by atoms with Crippen molar-refractivity contribution in [2.45, 2.75) is 38.1 Å². The largest absolute Gasteiger partial charge is 0.497 e. The summed E-state index contributed by atoms with van der Waals surface area (Å²) in [7, 11) is 1.70. The quantitative estimate of drug-likeness (QED) is 0.820. The van der Waals surface area contributed by atoms with Crippen molar-refractivity contribution >= 4 is 12.4 Å². The first-order valence-electron chi connectivity index (χ1n) is 5.48. The lowest BCUT2D eigenvalue weighted by molar-refractivity contribution is 0.386. The van der Waals surface area contributed by atoms with Gasteiger partial charge in [0.1, 0.15) is 5.75 Å². The molecular weight excluding hydrogens is 222 g/mol. The summed E-state index contributed by atoms with van der Waals surface area (Å²) >= 11 is 0. The third-order valence-corrected chi connectivity index (χ3v) is 3.47. The summed E-state index contributed by atoms with van der Waals surface area (Å²) in [6.07, 6.45) is 2.22. The zero-order valence-electron chi connectivity index (χ0n) is 10.1. The van der Waals surface area contributed by atoms with Gasteiger partial charge in [-0.25, -0.2) is 0 Å². The molecule has 0 saturated carbocycles. The molecule has 1 aliphatic carbocycles. The van der Waals surface area contributed by atoms with Crippen molar-refractivity contribution in [2.75, 3.05) is 7.11 Å². The van der Waals surface area contributed by atoms with Crippen LogP contribution in [0.15, 0.2) is 18.2 Å². The van der Waals surface area contributed by atoms with Crippen molar-refractivity contribution in [1.82, 2.24) is 0 Å². The van der Waals surface area contributed by atoms with Gasteiger partial charge in [0, 0.05) is 6.04 Å². The van der Waals surface area contributed by atoms with Gasteiger partial charge in [0.05, 0.1) is 7.11 Å². The van der Waals surface area contributed by atoms with Crippen molar-refractivity contribution in [3.8, 4) is 5.75 Å². The Morgan fingerprint density at radius 1 is 1.38 bits per heavy atom. The monoisotopic (exact) mass is 241 g/mol. The average Bonchev–Trinajstić information content (AvgIpc) is 2.23. The molecule has 0 aromatic heterocycles. The number of halogens is 1. The number of hydrogen-bond donors (Lipinski definition) is 1. The summed E-state index contributed by atoms with van der Waals surface area (Å²) < 4.78 is 5.24. The fraction of sp³-hybridized carbons (Fsp3) is 0.538. The summed E-state index contributed by atoms with van der Waals surface area (Å²) in [6, 6.07) is 6.44. The highest BCUT2D eigenvalue weighted by Gasteiger charge is 2.31. The minimum atomic E-state index is 0. The van der Waals surface area contributed by atoms with E-state index in [0.717, 1.165) is 18.6 Å². The summed E-state index contributed by atoms with van der Waals surface area (Å²) in [6.45, 7) is 4.56. The first-order chi connectivity index (χ1) is 7.04. The lowest BCUT2D eigenvalue weighted by Crippen LogP contribution is -2.29. The molecule has 0 fully saturated rings. The number of hydrogen-bond acceptors (Lipinski definition) is 2. The smallest absolute Gasteiger partial charge is 0.119 e. The fourth-order valence-electron chi connectivity index (χ4n) is 2.40. The summed E-state index contributed by atoms with van der Waals surface area (Å²) in [4.78, 5) is 0. The van der Waals surface area contributed by atoms with Crippen LogP contribution in [-0.4, -0.2) is 7.11 Å². The van der Waals surface area contributed by atoms with Crippen LogP contribution in [0.1, 0.15) is 43.9 Å². The van der Waals surface area contributed by atoms with E-state index in [2.05, 4.69) is 26.0 Å². The molecule has 1 aromatic carbocycles. The predicted molar refractivity (Wildman–Crippen MR) is 69.4 cm³/mol. The van der Waals surface area contributed by atoms with Gasteiger partial charge in [0.2, 0.25) is 0 Å². The Hall–Kier alpha value is -0.730. The molecule has 0 bridgehead atoms. The van der Waals surface area contributed by atoms with E-state index in [-0.39, 0.29) is 23.9 Å². The summed E-state index contributed by atoms with van der Waals surface area (Å²) in [5, 5.41) is 0. The Morgan fingerprint density at radius 3 is 2.69 bits per heavy atom. The minimum absolute atomic E-state index is 0. The highest BCUT2D eigenvalue weighted by molar-refractivity contribution is 5.85. The van der Waals surface area contributed by atoms with Gasteiger partial charge in [-0.2, -0.15) is 0 Å². The standard InChI is InChI=1S/C13H19NO.ClH/c1-13(2)7-6-12(14)10-8-9(15-3)4-5-11(10)13;/h4-5,8,12H,6-7,14H2,1-3H3;1H. The molecule has 1 aromatic rings. The van der Waals surface area contributed by atoms with Crippen LogP contribution in [0.3, 0.4) is 0 Å². The number of ether oxygens (including phenoxy) is 1. The van der Waals surface area contributed by atoms with Crippen LogP contribution in [0.5, 0.6) is 5.75 Å². The second-order valence-electron chi connectivity index (χ2n) is 4.98. The van der Waals surface area contributed by atoms with E-state index in [1.54, 1.807) is 7.11 Å². The molecule has 90 valence electrons. The van der Waals surface area contributed by atoms with E-state index in [1.807, 2.05) is 6.07 Å². The molecule has 1 aliphatic rings. The van der Waals surface area contributed by atoms with E-state index in [9.17, 15) is 0 Å². The number of fused-ring (bicyclic) bond motifs is 1. The highest BCUT2D eigenvalue weighted by Crippen LogP contribution is 2.41. The molecule has 16 heavy (non-hydrogen) atoms. The van der Waals surface area contributed by atoms with E-state index >= 15 is 0 Å². The lowest BCUT2D eigenvalue weighted by Gasteiger charge is -2.35. The molecule has 1 atom stereocenters. The van der Waals surface area contributed by atoms with Crippen LogP contribution in [0.25, 0.3) is 0 Å². The molecule has 3 heteroatoms. The first kappa shape index (κ1) is 13.3. The maximum atomic E-state index is 6.14. The highest BCUT2D eigenvalue weighted by atomic mass is 35.5. The molecular formula is C13H20ClNO. The zero-order chi connectivity index (χ0) is 11.1. The van der Waals surface area contributed by atoms with Crippen LogP contribution < -0.4 is 10.5 Å². The molecule has 2 rings (SSSR count). The van der Waals surface area contributed by atoms with Crippen molar-refractivity contribution < 1.29 is 4.74 Å². The maximum absolute atomic E-state index is 6.14. The van der Waals surface area contributed by atoms with Crippen LogP contribution >= 0.6 is 12.4 Å². The molecule has 1 unspecified atom stereocenters. The second-order valence-corrected chi connectivity index (χ2v) is 4.98. The van der Waals surface area contributed by atoms with Gasteiger partial charge in [-0.3, -0.25) is 0 Å². The van der Waals surface area contributed by atoms with Gasteiger partial charge in [-0.15, -0.1) is 12.4 Å². The van der Waals surface area contributed by atoms with Crippen LogP contribution in [-0.2, 0) is 5.41 Å². The molecule has 0 radical (unpaired) electrons. The van der Waals surface area contributed by atoms with Crippen molar-refractivity contribution in [2.24, 2.45) is 5.73 Å². The van der Waals surface area contributed by atoms with E-state index in [4.69, 9.17) is 10.5 Å². The number of methoxy groups -OCH3 is 1.